The first-order chi connectivity index (χ1) is 17.6. The van der Waals surface area contributed by atoms with Gasteiger partial charge in [-0.25, -0.2) is 4.79 Å². The van der Waals surface area contributed by atoms with E-state index in [1.54, 1.807) is 10.8 Å². The van der Waals surface area contributed by atoms with E-state index in [1.165, 1.54) is 124 Å². The van der Waals surface area contributed by atoms with Gasteiger partial charge in [0.1, 0.15) is 6.10 Å². The maximum absolute atomic E-state index is 12.2. The molecule has 7 nitrogen and oxygen atoms in total. The Balaban J connectivity index is 1.49. The fourth-order valence-electron chi connectivity index (χ4n) is 4.66. The van der Waals surface area contributed by atoms with E-state index in [0.717, 1.165) is 12.2 Å². The predicted octanol–water partition coefficient (Wildman–Crippen LogP) is 5.80. The van der Waals surface area contributed by atoms with Gasteiger partial charge in [0, 0.05) is 18.0 Å². The third-order valence-corrected chi connectivity index (χ3v) is 9.78. The van der Waals surface area contributed by atoms with Gasteiger partial charge in [-0.3, -0.25) is 14.3 Å². The molecule has 1 aliphatic rings. The fourth-order valence-corrected chi connectivity index (χ4v) is 7.56. The SMILES string of the molecule is CCCCCCCCCCCCCCCCCCSS[C@@H]1[C@H](O)[C@@H](CO)O[C@H]1n1ccc(=O)[nH]c1=O. The van der Waals surface area contributed by atoms with E-state index in [0.29, 0.717) is 0 Å². The standard InChI is InChI=1S/C27H48N2O5S2/c1-2-3-4-5-6-7-8-9-10-11-12-13-14-15-16-17-20-35-36-25-24(32)22(21-30)34-26(25)29-19-18-23(31)28-27(29)33/h18-19,22,24-26,30,32H,2-17,20-21H2,1H3,(H,28,31,33)/t22-,24-,25-,26-/m1/s1. The summed E-state index contributed by atoms with van der Waals surface area (Å²) in [5.41, 5.74) is -1.05. The second-order valence-corrected chi connectivity index (χ2v) is 12.6. The minimum absolute atomic E-state index is 0.323. The lowest BCUT2D eigenvalue weighted by atomic mass is 10.0. The zero-order valence-corrected chi connectivity index (χ0v) is 23.7. The van der Waals surface area contributed by atoms with E-state index in [9.17, 15) is 19.8 Å². The van der Waals surface area contributed by atoms with Crippen LogP contribution in [0.15, 0.2) is 21.9 Å². The first-order valence-corrected chi connectivity index (χ1v) is 16.5. The van der Waals surface area contributed by atoms with Crippen LogP contribution in [0.1, 0.15) is 116 Å². The van der Waals surface area contributed by atoms with Gasteiger partial charge in [-0.15, -0.1) is 0 Å². The van der Waals surface area contributed by atoms with E-state index >= 15 is 0 Å². The molecule has 0 radical (unpaired) electrons. The number of aliphatic hydroxyl groups excluding tert-OH is 2. The quantitative estimate of drug-likeness (QED) is 0.133. The largest absolute Gasteiger partial charge is 0.394 e. The molecule has 0 unspecified atom stereocenters. The molecule has 36 heavy (non-hydrogen) atoms. The zero-order valence-electron chi connectivity index (χ0n) is 22.1. The maximum Gasteiger partial charge on any atom is 0.330 e. The highest BCUT2D eigenvalue weighted by Crippen LogP contribution is 2.42. The van der Waals surface area contributed by atoms with Crippen LogP contribution in [0.5, 0.6) is 0 Å². The molecule has 2 rings (SSSR count). The first-order valence-electron chi connectivity index (χ1n) is 14.1. The van der Waals surface area contributed by atoms with Crippen LogP contribution in [-0.4, -0.2) is 49.6 Å². The van der Waals surface area contributed by atoms with Gasteiger partial charge >= 0.3 is 5.69 Å². The van der Waals surface area contributed by atoms with Gasteiger partial charge in [-0.1, -0.05) is 125 Å². The second kappa shape index (κ2) is 19.3. The van der Waals surface area contributed by atoms with Gasteiger partial charge in [0.25, 0.3) is 5.56 Å². The van der Waals surface area contributed by atoms with Crippen molar-refractivity contribution in [1.82, 2.24) is 9.55 Å². The van der Waals surface area contributed by atoms with Crippen LogP contribution < -0.4 is 11.2 Å². The van der Waals surface area contributed by atoms with Gasteiger partial charge in [0.2, 0.25) is 0 Å². The number of nitrogens with zero attached hydrogens (tertiary/aromatic N) is 1. The van der Waals surface area contributed by atoms with Crippen molar-refractivity contribution in [2.75, 3.05) is 12.4 Å². The molecule has 1 aromatic heterocycles. The van der Waals surface area contributed by atoms with Crippen molar-refractivity contribution < 1.29 is 14.9 Å². The predicted molar refractivity (Wildman–Crippen MR) is 152 cm³/mol. The smallest absolute Gasteiger partial charge is 0.330 e. The molecule has 0 amide bonds. The van der Waals surface area contributed by atoms with Crippen molar-refractivity contribution in [2.24, 2.45) is 0 Å². The summed E-state index contributed by atoms with van der Waals surface area (Å²) in [7, 11) is 3.16. The molecule has 0 bridgehead atoms. The van der Waals surface area contributed by atoms with Crippen LogP contribution in [-0.2, 0) is 4.74 Å². The van der Waals surface area contributed by atoms with Crippen molar-refractivity contribution in [3.63, 3.8) is 0 Å². The Morgan fingerprint density at radius 3 is 1.92 bits per heavy atom. The molecule has 1 fully saturated rings. The lowest BCUT2D eigenvalue weighted by Crippen LogP contribution is -2.36. The van der Waals surface area contributed by atoms with Crippen molar-refractivity contribution in [3.05, 3.63) is 33.1 Å². The molecule has 208 valence electrons. The highest BCUT2D eigenvalue weighted by molar-refractivity contribution is 8.77. The third-order valence-electron chi connectivity index (χ3n) is 6.88. The molecular weight excluding hydrogens is 496 g/mol. The maximum atomic E-state index is 12.2. The highest BCUT2D eigenvalue weighted by Gasteiger charge is 2.45. The number of aromatic amines is 1. The summed E-state index contributed by atoms with van der Waals surface area (Å²) in [5, 5.41) is 19.7. The van der Waals surface area contributed by atoms with E-state index in [1.807, 2.05) is 0 Å². The van der Waals surface area contributed by atoms with Gasteiger partial charge < -0.3 is 14.9 Å². The normalized spacial score (nSPS) is 21.9. The van der Waals surface area contributed by atoms with Crippen LogP contribution in [0, 0.1) is 0 Å². The molecular formula is C27H48N2O5S2. The molecule has 1 saturated heterocycles. The summed E-state index contributed by atoms with van der Waals surface area (Å²) < 4.78 is 7.02. The third kappa shape index (κ3) is 11.8. The Hall–Kier alpha value is -0.740. The van der Waals surface area contributed by atoms with Gasteiger partial charge in [-0.05, 0) is 6.42 Å². The second-order valence-electron chi connectivity index (χ2n) is 9.94. The summed E-state index contributed by atoms with van der Waals surface area (Å²) in [4.78, 5) is 25.8. The van der Waals surface area contributed by atoms with Crippen LogP contribution in [0.4, 0.5) is 0 Å². The zero-order chi connectivity index (χ0) is 26.0. The average Bonchev–Trinajstić information content (AvgIpc) is 3.18. The molecule has 9 heteroatoms. The lowest BCUT2D eigenvalue weighted by molar-refractivity contribution is -0.0457. The Morgan fingerprint density at radius 2 is 1.42 bits per heavy atom. The summed E-state index contributed by atoms with van der Waals surface area (Å²) in [6, 6.07) is 1.26. The molecule has 2 heterocycles. The summed E-state index contributed by atoms with van der Waals surface area (Å²) in [6.45, 7) is 1.95. The van der Waals surface area contributed by atoms with E-state index < -0.39 is 34.9 Å². The number of hydrogen-bond donors (Lipinski definition) is 3. The van der Waals surface area contributed by atoms with Crippen molar-refractivity contribution in [3.8, 4) is 0 Å². The molecule has 0 aromatic carbocycles. The molecule has 0 aliphatic carbocycles. The monoisotopic (exact) mass is 544 g/mol. The number of unbranched alkanes of at least 4 members (excludes halogenated alkanes) is 15. The molecule has 4 atom stereocenters. The van der Waals surface area contributed by atoms with Crippen molar-refractivity contribution >= 4 is 21.6 Å². The highest BCUT2D eigenvalue weighted by atomic mass is 33.1. The Labute approximate surface area is 224 Å². The van der Waals surface area contributed by atoms with Crippen LogP contribution >= 0.6 is 21.6 Å². The summed E-state index contributed by atoms with van der Waals surface area (Å²) in [6.07, 6.45) is 20.6. The average molecular weight is 545 g/mol. The van der Waals surface area contributed by atoms with Crippen molar-refractivity contribution in [1.29, 1.82) is 0 Å². The Bertz CT molecular complexity index is 803. The first kappa shape index (κ1) is 31.5. The van der Waals surface area contributed by atoms with Crippen LogP contribution in [0.25, 0.3) is 0 Å². The lowest BCUT2D eigenvalue weighted by Gasteiger charge is -2.20. The molecule has 1 aromatic rings. The number of rotatable bonds is 21. The molecule has 1 aliphatic heterocycles. The number of H-pyrrole nitrogens is 1. The summed E-state index contributed by atoms with van der Waals surface area (Å²) >= 11 is 0. The number of nitrogens with one attached hydrogen (secondary N) is 1. The van der Waals surface area contributed by atoms with Crippen LogP contribution in [0.2, 0.25) is 0 Å². The molecule has 0 spiro atoms. The molecule has 0 saturated carbocycles. The van der Waals surface area contributed by atoms with E-state index in [4.69, 9.17) is 4.74 Å². The van der Waals surface area contributed by atoms with Gasteiger partial charge in [0.05, 0.1) is 18.0 Å². The molecule has 3 N–H and O–H groups in total. The van der Waals surface area contributed by atoms with Gasteiger partial charge in [-0.2, -0.15) is 0 Å². The fraction of sp³-hybridized carbons (Fsp3) is 0.852. The topological polar surface area (TPSA) is 105 Å². The van der Waals surface area contributed by atoms with E-state index in [-0.39, 0.29) is 6.61 Å². The van der Waals surface area contributed by atoms with E-state index in [2.05, 4.69) is 11.9 Å². The number of aromatic nitrogens is 2. The van der Waals surface area contributed by atoms with Crippen LogP contribution in [0.3, 0.4) is 0 Å². The number of ether oxygens (including phenoxy) is 1. The van der Waals surface area contributed by atoms with Gasteiger partial charge in [0.15, 0.2) is 6.23 Å². The number of hydrogen-bond acceptors (Lipinski definition) is 7. The minimum atomic E-state index is -0.887. The Morgan fingerprint density at radius 1 is 0.889 bits per heavy atom. The Kier molecular flexibility index (Phi) is 16.9. The summed E-state index contributed by atoms with van der Waals surface area (Å²) in [5.74, 6) is 0.962. The minimum Gasteiger partial charge on any atom is -0.394 e. The number of aliphatic hydroxyl groups is 2. The van der Waals surface area contributed by atoms with Crippen molar-refractivity contribution in [2.45, 2.75) is 133 Å².